The van der Waals surface area contributed by atoms with Gasteiger partial charge in [-0.25, -0.2) is 4.39 Å². The summed E-state index contributed by atoms with van der Waals surface area (Å²) in [7, 11) is 0. The first-order valence-electron chi connectivity index (χ1n) is 6.69. The van der Waals surface area contributed by atoms with Crippen LogP contribution in [0.4, 0.5) is 4.39 Å². The number of hydrogen-bond acceptors (Lipinski definition) is 3. The Balaban J connectivity index is 2.05. The largest absolute Gasteiger partial charge is 0.314 e. The van der Waals surface area contributed by atoms with E-state index in [0.29, 0.717) is 10.6 Å². The molecule has 0 spiro atoms. The number of halogens is 2. The summed E-state index contributed by atoms with van der Waals surface area (Å²) in [5.41, 5.74) is 0.596. The lowest BCUT2D eigenvalue weighted by atomic mass is 10.0. The molecule has 20 heavy (non-hydrogen) atoms. The predicted molar refractivity (Wildman–Crippen MR) is 82.0 cm³/mol. The van der Waals surface area contributed by atoms with Crippen LogP contribution in [0.5, 0.6) is 0 Å². The molecule has 1 aromatic heterocycles. The third-order valence-corrected chi connectivity index (χ3v) is 4.86. The van der Waals surface area contributed by atoms with Crippen LogP contribution in [0, 0.1) is 5.82 Å². The van der Waals surface area contributed by atoms with Crippen LogP contribution in [0.15, 0.2) is 35.7 Å². The lowest BCUT2D eigenvalue weighted by molar-refractivity contribution is 0.197. The smallest absolute Gasteiger partial charge is 0.129 e. The Morgan fingerprint density at radius 3 is 2.65 bits per heavy atom. The number of piperazine rings is 1. The van der Waals surface area contributed by atoms with E-state index in [1.165, 1.54) is 6.07 Å². The van der Waals surface area contributed by atoms with Crippen LogP contribution in [-0.2, 0) is 0 Å². The molecule has 1 fully saturated rings. The van der Waals surface area contributed by atoms with Crippen molar-refractivity contribution in [1.29, 1.82) is 0 Å². The quantitative estimate of drug-likeness (QED) is 0.933. The minimum atomic E-state index is -0.227. The Bertz CT molecular complexity index is 547. The lowest BCUT2D eigenvalue weighted by Crippen LogP contribution is -2.45. The van der Waals surface area contributed by atoms with E-state index in [1.54, 1.807) is 23.5 Å². The van der Waals surface area contributed by atoms with E-state index in [2.05, 4.69) is 16.3 Å². The minimum absolute atomic E-state index is 0.0919. The monoisotopic (exact) mass is 310 g/mol. The van der Waals surface area contributed by atoms with Crippen molar-refractivity contribution in [3.63, 3.8) is 0 Å². The highest BCUT2D eigenvalue weighted by Gasteiger charge is 2.28. The number of rotatable bonds is 3. The molecule has 2 nitrogen and oxygen atoms in total. The number of thiophene rings is 1. The molecule has 1 aromatic carbocycles. The molecule has 1 aliphatic heterocycles. The summed E-state index contributed by atoms with van der Waals surface area (Å²) in [4.78, 5) is 3.44. The lowest BCUT2D eigenvalue weighted by Gasteiger charge is -2.35. The topological polar surface area (TPSA) is 15.3 Å². The second-order valence-electron chi connectivity index (χ2n) is 4.84. The van der Waals surface area contributed by atoms with E-state index in [1.807, 2.05) is 11.4 Å². The minimum Gasteiger partial charge on any atom is -0.314 e. The molecular weight excluding hydrogens is 295 g/mol. The van der Waals surface area contributed by atoms with Crippen molar-refractivity contribution in [3.8, 4) is 0 Å². The normalized spacial score (nSPS) is 18.1. The van der Waals surface area contributed by atoms with Gasteiger partial charge in [-0.05, 0) is 23.6 Å². The van der Waals surface area contributed by atoms with Gasteiger partial charge in [-0.15, -0.1) is 11.3 Å². The molecule has 106 valence electrons. The first-order valence-corrected chi connectivity index (χ1v) is 7.95. The number of hydrogen-bond donors (Lipinski definition) is 1. The molecule has 2 aromatic rings. The summed E-state index contributed by atoms with van der Waals surface area (Å²) in [6.07, 6.45) is 0. The Labute approximate surface area is 127 Å². The molecule has 0 saturated carbocycles. The summed E-state index contributed by atoms with van der Waals surface area (Å²) in [6.45, 7) is 3.64. The van der Waals surface area contributed by atoms with E-state index in [4.69, 9.17) is 11.6 Å². The average Bonchev–Trinajstić information content (AvgIpc) is 2.98. The molecule has 2 heterocycles. The third kappa shape index (κ3) is 2.74. The SMILES string of the molecule is Fc1cccc(Cl)c1[C@@H](c1cccs1)N1CCNCC1. The van der Waals surface area contributed by atoms with Crippen molar-refractivity contribution >= 4 is 22.9 Å². The van der Waals surface area contributed by atoms with Gasteiger partial charge in [0.2, 0.25) is 0 Å². The van der Waals surface area contributed by atoms with Crippen LogP contribution in [0.2, 0.25) is 5.02 Å². The zero-order valence-electron chi connectivity index (χ0n) is 11.0. The molecule has 1 aliphatic rings. The first-order chi connectivity index (χ1) is 9.77. The van der Waals surface area contributed by atoms with E-state index in [9.17, 15) is 4.39 Å². The highest BCUT2D eigenvalue weighted by atomic mass is 35.5. The fourth-order valence-electron chi connectivity index (χ4n) is 2.66. The van der Waals surface area contributed by atoms with Crippen LogP contribution in [0.3, 0.4) is 0 Å². The van der Waals surface area contributed by atoms with Crippen molar-refractivity contribution in [2.75, 3.05) is 26.2 Å². The maximum Gasteiger partial charge on any atom is 0.129 e. The second kappa shape index (κ2) is 6.22. The maximum atomic E-state index is 14.3. The Morgan fingerprint density at radius 1 is 1.20 bits per heavy atom. The van der Waals surface area contributed by atoms with E-state index in [-0.39, 0.29) is 11.9 Å². The van der Waals surface area contributed by atoms with Gasteiger partial charge < -0.3 is 5.32 Å². The summed E-state index contributed by atoms with van der Waals surface area (Å²) in [5, 5.41) is 5.86. The highest BCUT2D eigenvalue weighted by Crippen LogP contribution is 2.37. The van der Waals surface area contributed by atoms with Gasteiger partial charge in [0.25, 0.3) is 0 Å². The average molecular weight is 311 g/mol. The van der Waals surface area contributed by atoms with Crippen molar-refractivity contribution < 1.29 is 4.39 Å². The van der Waals surface area contributed by atoms with Gasteiger partial charge >= 0.3 is 0 Å². The molecule has 5 heteroatoms. The fourth-order valence-corrected chi connectivity index (χ4v) is 3.80. The van der Waals surface area contributed by atoms with E-state index >= 15 is 0 Å². The summed E-state index contributed by atoms with van der Waals surface area (Å²) in [5.74, 6) is -0.227. The van der Waals surface area contributed by atoms with E-state index in [0.717, 1.165) is 31.1 Å². The molecule has 0 aliphatic carbocycles. The van der Waals surface area contributed by atoms with Crippen molar-refractivity contribution in [1.82, 2.24) is 10.2 Å². The third-order valence-electron chi connectivity index (χ3n) is 3.60. The second-order valence-corrected chi connectivity index (χ2v) is 6.23. The van der Waals surface area contributed by atoms with Crippen LogP contribution in [-0.4, -0.2) is 31.1 Å². The van der Waals surface area contributed by atoms with Gasteiger partial charge in [0.05, 0.1) is 6.04 Å². The Morgan fingerprint density at radius 2 is 2.00 bits per heavy atom. The first kappa shape index (κ1) is 14.0. The molecule has 0 amide bonds. The Hall–Kier alpha value is -0.940. The number of nitrogens with one attached hydrogen (secondary N) is 1. The van der Waals surface area contributed by atoms with E-state index < -0.39 is 0 Å². The standard InChI is InChI=1S/C15H16ClFN2S/c16-11-3-1-4-12(17)14(11)15(13-5-2-10-20-13)19-8-6-18-7-9-19/h1-5,10,15,18H,6-9H2/t15-/m1/s1. The van der Waals surface area contributed by atoms with Crippen LogP contribution in [0.25, 0.3) is 0 Å². The summed E-state index contributed by atoms with van der Waals surface area (Å²) >= 11 is 7.93. The molecule has 0 bridgehead atoms. The van der Waals surface area contributed by atoms with Crippen LogP contribution in [0.1, 0.15) is 16.5 Å². The maximum absolute atomic E-state index is 14.3. The predicted octanol–water partition coefficient (Wildman–Crippen LogP) is 3.54. The van der Waals surface area contributed by atoms with Gasteiger partial charge in [0.1, 0.15) is 5.82 Å². The Kier molecular flexibility index (Phi) is 4.36. The van der Waals surface area contributed by atoms with Gasteiger partial charge in [0.15, 0.2) is 0 Å². The van der Waals surface area contributed by atoms with Gasteiger partial charge in [-0.3, -0.25) is 4.90 Å². The number of nitrogens with zero attached hydrogens (tertiary/aromatic N) is 1. The molecule has 3 rings (SSSR count). The zero-order valence-corrected chi connectivity index (χ0v) is 12.6. The van der Waals surface area contributed by atoms with Crippen molar-refractivity contribution in [2.24, 2.45) is 0 Å². The van der Waals surface area contributed by atoms with Gasteiger partial charge in [0, 0.05) is 41.6 Å². The molecule has 1 N–H and O–H groups in total. The van der Waals surface area contributed by atoms with Crippen LogP contribution >= 0.6 is 22.9 Å². The van der Waals surface area contributed by atoms with Crippen molar-refractivity contribution in [3.05, 3.63) is 57.0 Å². The fraction of sp³-hybridized carbons (Fsp3) is 0.333. The highest BCUT2D eigenvalue weighted by molar-refractivity contribution is 7.10. The van der Waals surface area contributed by atoms with Crippen molar-refractivity contribution in [2.45, 2.75) is 6.04 Å². The molecule has 0 unspecified atom stereocenters. The molecular formula is C15H16ClFN2S. The number of benzene rings is 1. The summed E-state index contributed by atoms with van der Waals surface area (Å²) < 4.78 is 14.3. The molecule has 1 saturated heterocycles. The zero-order chi connectivity index (χ0) is 13.9. The molecule has 0 radical (unpaired) electrons. The summed E-state index contributed by atoms with van der Waals surface area (Å²) in [6, 6.07) is 8.88. The van der Waals surface area contributed by atoms with Gasteiger partial charge in [-0.2, -0.15) is 0 Å². The van der Waals surface area contributed by atoms with Crippen LogP contribution < -0.4 is 5.32 Å². The van der Waals surface area contributed by atoms with Gasteiger partial charge in [-0.1, -0.05) is 23.7 Å². The molecule has 1 atom stereocenters.